The number of para-hydroxylation sites is 1. The SMILES string of the molecule is CCC[C@@H](C)NC(=O)c1ncn2c1CNS(=O)(=O)c1ccccc1-2. The first-order valence-electron chi connectivity index (χ1n) is 7.90. The highest BCUT2D eigenvalue weighted by Crippen LogP contribution is 2.26. The Hall–Kier alpha value is -2.19. The number of amides is 1. The first-order chi connectivity index (χ1) is 11.4. The summed E-state index contributed by atoms with van der Waals surface area (Å²) >= 11 is 0. The lowest BCUT2D eigenvalue weighted by Crippen LogP contribution is -2.33. The van der Waals surface area contributed by atoms with Crippen LogP contribution in [0.2, 0.25) is 0 Å². The summed E-state index contributed by atoms with van der Waals surface area (Å²) in [5, 5.41) is 2.91. The third kappa shape index (κ3) is 2.94. The molecule has 0 spiro atoms. The van der Waals surface area contributed by atoms with E-state index in [0.29, 0.717) is 11.4 Å². The standard InChI is InChI=1S/C16H20N4O3S/c1-3-6-11(2)19-16(21)15-13-9-18-24(22,23)14-8-5-4-7-12(14)20(13)10-17-15/h4-5,7-8,10-11,18H,3,6,9H2,1-2H3,(H,19,21)/t11-/m1/s1. The zero-order valence-electron chi connectivity index (χ0n) is 13.6. The van der Waals surface area contributed by atoms with Crippen LogP contribution in [0.15, 0.2) is 35.5 Å². The van der Waals surface area contributed by atoms with Crippen molar-refractivity contribution < 1.29 is 13.2 Å². The molecule has 1 amide bonds. The Kier molecular flexibility index (Phi) is 4.42. The van der Waals surface area contributed by atoms with Crippen LogP contribution in [0.5, 0.6) is 0 Å². The fraction of sp³-hybridized carbons (Fsp3) is 0.375. The van der Waals surface area contributed by atoms with E-state index >= 15 is 0 Å². The first-order valence-corrected chi connectivity index (χ1v) is 9.38. The fourth-order valence-electron chi connectivity index (χ4n) is 2.86. The lowest BCUT2D eigenvalue weighted by Gasteiger charge is -2.12. The van der Waals surface area contributed by atoms with Crippen molar-refractivity contribution in [3.63, 3.8) is 0 Å². The Balaban J connectivity index is 2.02. The summed E-state index contributed by atoms with van der Waals surface area (Å²) in [5.74, 6) is -0.289. The Morgan fingerprint density at radius 3 is 2.92 bits per heavy atom. The van der Waals surface area contributed by atoms with Crippen molar-refractivity contribution in [1.82, 2.24) is 19.6 Å². The molecular weight excluding hydrogens is 328 g/mol. The Morgan fingerprint density at radius 1 is 1.42 bits per heavy atom. The molecule has 1 atom stereocenters. The number of aromatic nitrogens is 2. The molecule has 1 aliphatic heterocycles. The molecule has 7 nitrogen and oxygen atoms in total. The molecule has 0 aliphatic carbocycles. The number of benzene rings is 1. The van der Waals surface area contributed by atoms with E-state index in [1.807, 2.05) is 6.92 Å². The summed E-state index contributed by atoms with van der Waals surface area (Å²) in [4.78, 5) is 16.9. The minimum atomic E-state index is -3.62. The lowest BCUT2D eigenvalue weighted by atomic mass is 10.2. The molecule has 3 rings (SSSR count). The first kappa shape index (κ1) is 16.7. The molecule has 0 bridgehead atoms. The molecule has 24 heavy (non-hydrogen) atoms. The second-order valence-corrected chi connectivity index (χ2v) is 7.60. The minimum Gasteiger partial charge on any atom is -0.348 e. The van der Waals surface area contributed by atoms with Crippen LogP contribution in [0.4, 0.5) is 0 Å². The van der Waals surface area contributed by atoms with E-state index < -0.39 is 10.0 Å². The molecule has 2 aromatic rings. The molecule has 1 aromatic carbocycles. The van der Waals surface area contributed by atoms with Gasteiger partial charge in [0.15, 0.2) is 5.69 Å². The summed E-state index contributed by atoms with van der Waals surface area (Å²) in [7, 11) is -3.62. The Bertz CT molecular complexity index is 873. The van der Waals surface area contributed by atoms with Gasteiger partial charge in [0.05, 0.1) is 17.9 Å². The van der Waals surface area contributed by atoms with E-state index in [-0.39, 0.29) is 29.1 Å². The molecule has 128 valence electrons. The minimum absolute atomic E-state index is 0.0158. The number of imidazole rings is 1. The topological polar surface area (TPSA) is 93.1 Å². The second kappa shape index (κ2) is 6.37. The molecule has 2 N–H and O–H groups in total. The van der Waals surface area contributed by atoms with Crippen LogP contribution in [0.3, 0.4) is 0 Å². The third-order valence-corrected chi connectivity index (χ3v) is 5.47. The summed E-state index contributed by atoms with van der Waals surface area (Å²) in [6, 6.07) is 6.70. The molecule has 8 heteroatoms. The van der Waals surface area contributed by atoms with Crippen LogP contribution in [-0.2, 0) is 16.6 Å². The number of nitrogens with one attached hydrogen (secondary N) is 2. The van der Waals surface area contributed by atoms with Crippen molar-refractivity contribution in [1.29, 1.82) is 0 Å². The number of fused-ring (bicyclic) bond motifs is 3. The highest BCUT2D eigenvalue weighted by atomic mass is 32.2. The van der Waals surface area contributed by atoms with E-state index in [2.05, 4.69) is 21.9 Å². The smallest absolute Gasteiger partial charge is 0.272 e. The number of rotatable bonds is 4. The number of carbonyl (C=O) groups excluding carboxylic acids is 1. The van der Waals surface area contributed by atoms with Gasteiger partial charge in [-0.2, -0.15) is 0 Å². The molecule has 0 radical (unpaired) electrons. The van der Waals surface area contributed by atoms with Crippen molar-refractivity contribution in [3.05, 3.63) is 42.0 Å². The molecule has 0 unspecified atom stereocenters. The lowest BCUT2D eigenvalue weighted by molar-refractivity contribution is 0.0932. The van der Waals surface area contributed by atoms with Gasteiger partial charge in [0.1, 0.15) is 11.2 Å². The van der Waals surface area contributed by atoms with Gasteiger partial charge in [-0.25, -0.2) is 18.1 Å². The van der Waals surface area contributed by atoms with Gasteiger partial charge < -0.3 is 5.32 Å². The van der Waals surface area contributed by atoms with Crippen LogP contribution >= 0.6 is 0 Å². The van der Waals surface area contributed by atoms with Gasteiger partial charge in [0.2, 0.25) is 10.0 Å². The maximum Gasteiger partial charge on any atom is 0.272 e. The molecule has 1 aromatic heterocycles. The molecule has 0 saturated carbocycles. The van der Waals surface area contributed by atoms with Crippen LogP contribution in [0.25, 0.3) is 5.69 Å². The maximum absolute atomic E-state index is 12.5. The van der Waals surface area contributed by atoms with Crippen LogP contribution in [0.1, 0.15) is 42.9 Å². The monoisotopic (exact) mass is 348 g/mol. The number of hydrogen-bond donors (Lipinski definition) is 2. The predicted molar refractivity (Wildman–Crippen MR) is 89.4 cm³/mol. The van der Waals surface area contributed by atoms with E-state index in [0.717, 1.165) is 12.8 Å². The van der Waals surface area contributed by atoms with Crippen LogP contribution in [0, 0.1) is 0 Å². The molecule has 0 saturated heterocycles. The number of nitrogens with zero attached hydrogens (tertiary/aromatic N) is 2. The van der Waals surface area contributed by atoms with Gasteiger partial charge >= 0.3 is 0 Å². The highest BCUT2D eigenvalue weighted by molar-refractivity contribution is 7.89. The second-order valence-electron chi connectivity index (χ2n) is 5.87. The summed E-state index contributed by atoms with van der Waals surface area (Å²) < 4.78 is 28.9. The Labute approximate surface area is 141 Å². The fourth-order valence-corrected chi connectivity index (χ4v) is 4.04. The van der Waals surface area contributed by atoms with Crippen LogP contribution < -0.4 is 10.0 Å². The number of hydrogen-bond acceptors (Lipinski definition) is 4. The highest BCUT2D eigenvalue weighted by Gasteiger charge is 2.28. The third-order valence-electron chi connectivity index (χ3n) is 4.02. The van der Waals surface area contributed by atoms with E-state index in [4.69, 9.17) is 0 Å². The molecule has 0 fully saturated rings. The summed E-state index contributed by atoms with van der Waals surface area (Å²) in [5.41, 5.74) is 1.27. The maximum atomic E-state index is 12.5. The van der Waals surface area contributed by atoms with Gasteiger partial charge in [-0.05, 0) is 25.5 Å². The molecule has 1 aliphatic rings. The largest absolute Gasteiger partial charge is 0.348 e. The van der Waals surface area contributed by atoms with Gasteiger partial charge in [-0.3, -0.25) is 9.36 Å². The van der Waals surface area contributed by atoms with E-state index in [9.17, 15) is 13.2 Å². The van der Waals surface area contributed by atoms with E-state index in [1.54, 1.807) is 22.8 Å². The van der Waals surface area contributed by atoms with Crippen LogP contribution in [-0.4, -0.2) is 29.9 Å². The van der Waals surface area contributed by atoms with Crippen molar-refractivity contribution in [3.8, 4) is 5.69 Å². The Morgan fingerprint density at radius 2 is 2.17 bits per heavy atom. The molecule has 2 heterocycles. The number of carbonyl (C=O) groups is 1. The van der Waals surface area contributed by atoms with Crippen molar-refractivity contribution in [2.24, 2.45) is 0 Å². The summed E-state index contributed by atoms with van der Waals surface area (Å²) in [6.45, 7) is 4.01. The van der Waals surface area contributed by atoms with E-state index in [1.165, 1.54) is 12.4 Å². The average Bonchev–Trinajstić information content (AvgIpc) is 2.92. The summed E-state index contributed by atoms with van der Waals surface area (Å²) in [6.07, 6.45) is 3.34. The van der Waals surface area contributed by atoms with Gasteiger partial charge in [0.25, 0.3) is 5.91 Å². The normalized spacial score (nSPS) is 16.6. The van der Waals surface area contributed by atoms with Crippen molar-refractivity contribution in [2.45, 2.75) is 44.2 Å². The number of sulfonamides is 1. The van der Waals surface area contributed by atoms with Crippen molar-refractivity contribution in [2.75, 3.05) is 0 Å². The predicted octanol–water partition coefficient (Wildman–Crippen LogP) is 1.58. The average molecular weight is 348 g/mol. The quantitative estimate of drug-likeness (QED) is 0.877. The zero-order chi connectivity index (χ0) is 17.3. The molecular formula is C16H20N4O3S. The zero-order valence-corrected chi connectivity index (χ0v) is 14.4. The van der Waals surface area contributed by atoms with Gasteiger partial charge in [-0.1, -0.05) is 25.5 Å². The van der Waals surface area contributed by atoms with Gasteiger partial charge in [0, 0.05) is 6.04 Å². The van der Waals surface area contributed by atoms with Crippen molar-refractivity contribution >= 4 is 15.9 Å². The van der Waals surface area contributed by atoms with Gasteiger partial charge in [-0.15, -0.1) is 0 Å².